The summed E-state index contributed by atoms with van der Waals surface area (Å²) in [6.07, 6.45) is 10.7. The predicted molar refractivity (Wildman–Crippen MR) is 152 cm³/mol. The molecule has 3 aliphatic rings. The van der Waals surface area contributed by atoms with Crippen molar-refractivity contribution in [2.24, 2.45) is 11.8 Å². The highest BCUT2D eigenvalue weighted by molar-refractivity contribution is 5.87. The first-order valence-electron chi connectivity index (χ1n) is 14.8. The number of benzene rings is 1. The van der Waals surface area contributed by atoms with Crippen LogP contribution in [0.15, 0.2) is 36.8 Å². The highest BCUT2D eigenvalue weighted by atomic mass is 16.5. The maximum absolute atomic E-state index is 13.4. The van der Waals surface area contributed by atoms with Crippen LogP contribution in [0.1, 0.15) is 51.0 Å². The Morgan fingerprint density at radius 1 is 1.00 bits per heavy atom. The average Bonchev–Trinajstić information content (AvgIpc) is 3.64. The van der Waals surface area contributed by atoms with Crippen molar-refractivity contribution < 1.29 is 9.53 Å². The molecule has 4 heterocycles. The standard InChI is InChI=1S/C30H41N7O2/c1-2-39-26-7-5-6-24(18-26)21-37-29-27(19-33-37)28(31-22-32-29)35-14-16-36(17-15-35)30(38)25-10-8-23(9-11-25)20-34-12-3-4-13-34/h5-7,18-19,22-23,25H,2-4,8-17,20-21H2,1H3. The lowest BCUT2D eigenvalue weighted by Gasteiger charge is -2.38. The smallest absolute Gasteiger partial charge is 0.225 e. The fourth-order valence-electron chi connectivity index (χ4n) is 6.64. The molecule has 3 aromatic rings. The number of piperazine rings is 1. The first-order chi connectivity index (χ1) is 19.2. The average molecular weight is 532 g/mol. The highest BCUT2D eigenvalue weighted by Gasteiger charge is 2.32. The zero-order chi connectivity index (χ0) is 26.6. The third-order valence-corrected chi connectivity index (χ3v) is 8.76. The van der Waals surface area contributed by atoms with Crippen molar-refractivity contribution >= 4 is 22.8 Å². The summed E-state index contributed by atoms with van der Waals surface area (Å²) in [6.45, 7) is 10.1. The van der Waals surface area contributed by atoms with Crippen LogP contribution in [0.2, 0.25) is 0 Å². The van der Waals surface area contributed by atoms with E-state index in [0.717, 1.165) is 73.1 Å². The minimum Gasteiger partial charge on any atom is -0.494 e. The van der Waals surface area contributed by atoms with Crippen LogP contribution in [0.4, 0.5) is 5.82 Å². The number of likely N-dealkylation sites (tertiary alicyclic amines) is 1. The van der Waals surface area contributed by atoms with E-state index in [1.807, 2.05) is 29.9 Å². The van der Waals surface area contributed by atoms with Gasteiger partial charge >= 0.3 is 0 Å². The fourth-order valence-corrected chi connectivity index (χ4v) is 6.64. The molecule has 1 aliphatic carbocycles. The summed E-state index contributed by atoms with van der Waals surface area (Å²) in [5.41, 5.74) is 1.94. The van der Waals surface area contributed by atoms with Crippen molar-refractivity contribution in [3.63, 3.8) is 0 Å². The second kappa shape index (κ2) is 11.9. The third kappa shape index (κ3) is 5.88. The van der Waals surface area contributed by atoms with Gasteiger partial charge < -0.3 is 19.4 Å². The Kier molecular flexibility index (Phi) is 7.95. The van der Waals surface area contributed by atoms with E-state index in [-0.39, 0.29) is 5.92 Å². The van der Waals surface area contributed by atoms with Crippen molar-refractivity contribution in [2.45, 2.75) is 52.0 Å². The second-order valence-corrected chi connectivity index (χ2v) is 11.4. The molecule has 0 N–H and O–H groups in total. The van der Waals surface area contributed by atoms with Gasteiger partial charge in [0.15, 0.2) is 5.65 Å². The highest BCUT2D eigenvalue weighted by Crippen LogP contribution is 2.32. The van der Waals surface area contributed by atoms with Crippen LogP contribution >= 0.6 is 0 Å². The number of ether oxygens (including phenoxy) is 1. The Morgan fingerprint density at radius 3 is 2.56 bits per heavy atom. The lowest BCUT2D eigenvalue weighted by Crippen LogP contribution is -2.51. The van der Waals surface area contributed by atoms with Crippen LogP contribution < -0.4 is 9.64 Å². The van der Waals surface area contributed by atoms with E-state index < -0.39 is 0 Å². The van der Waals surface area contributed by atoms with Crippen molar-refractivity contribution in [3.8, 4) is 5.75 Å². The van der Waals surface area contributed by atoms with Crippen molar-refractivity contribution in [1.29, 1.82) is 0 Å². The summed E-state index contributed by atoms with van der Waals surface area (Å²) < 4.78 is 7.57. The molecule has 2 aromatic heterocycles. The Bertz CT molecular complexity index is 1260. The third-order valence-electron chi connectivity index (χ3n) is 8.76. The van der Waals surface area contributed by atoms with Crippen LogP contribution in [0.5, 0.6) is 5.75 Å². The van der Waals surface area contributed by atoms with Gasteiger partial charge in [-0.3, -0.25) is 4.79 Å². The molecule has 9 heteroatoms. The van der Waals surface area contributed by atoms with E-state index in [0.29, 0.717) is 19.1 Å². The monoisotopic (exact) mass is 531 g/mol. The molecule has 9 nitrogen and oxygen atoms in total. The summed E-state index contributed by atoms with van der Waals surface area (Å²) in [5, 5.41) is 5.60. The molecule has 39 heavy (non-hydrogen) atoms. The van der Waals surface area contributed by atoms with Crippen molar-refractivity contribution in [3.05, 3.63) is 42.4 Å². The minimum atomic E-state index is 0.205. The van der Waals surface area contributed by atoms with E-state index in [1.165, 1.54) is 45.3 Å². The summed E-state index contributed by atoms with van der Waals surface area (Å²) in [7, 11) is 0. The van der Waals surface area contributed by atoms with Gasteiger partial charge in [-0.15, -0.1) is 0 Å². The van der Waals surface area contributed by atoms with E-state index in [4.69, 9.17) is 4.74 Å². The van der Waals surface area contributed by atoms with E-state index in [2.05, 4.69) is 41.9 Å². The largest absolute Gasteiger partial charge is 0.494 e. The van der Waals surface area contributed by atoms with Gasteiger partial charge in [-0.05, 0) is 82.2 Å². The van der Waals surface area contributed by atoms with E-state index in [9.17, 15) is 4.79 Å². The Hall–Kier alpha value is -3.20. The maximum atomic E-state index is 13.4. The van der Waals surface area contributed by atoms with Crippen LogP contribution in [0, 0.1) is 11.8 Å². The zero-order valence-electron chi connectivity index (χ0n) is 23.2. The number of hydrogen-bond donors (Lipinski definition) is 0. The van der Waals surface area contributed by atoms with Crippen molar-refractivity contribution in [1.82, 2.24) is 29.5 Å². The van der Waals surface area contributed by atoms with Gasteiger partial charge in [-0.1, -0.05) is 12.1 Å². The normalized spacial score (nSPS) is 22.5. The van der Waals surface area contributed by atoms with Crippen LogP contribution in [-0.2, 0) is 11.3 Å². The molecule has 0 atom stereocenters. The number of hydrogen-bond acceptors (Lipinski definition) is 7. The van der Waals surface area contributed by atoms with Gasteiger partial charge in [0.1, 0.15) is 17.9 Å². The molecule has 208 valence electrons. The molecule has 2 aliphatic heterocycles. The molecule has 0 radical (unpaired) electrons. The topological polar surface area (TPSA) is 79.6 Å². The molecule has 1 amide bonds. The summed E-state index contributed by atoms with van der Waals surface area (Å²) in [6, 6.07) is 8.11. The lowest BCUT2D eigenvalue weighted by atomic mass is 9.81. The van der Waals surface area contributed by atoms with Crippen LogP contribution in [0.25, 0.3) is 11.0 Å². The van der Waals surface area contributed by atoms with Gasteiger partial charge in [-0.25, -0.2) is 14.6 Å². The summed E-state index contributed by atoms with van der Waals surface area (Å²) in [4.78, 5) is 29.5. The van der Waals surface area contributed by atoms with E-state index >= 15 is 0 Å². The quantitative estimate of drug-likeness (QED) is 0.437. The fraction of sp³-hybridized carbons (Fsp3) is 0.600. The number of nitrogens with zero attached hydrogens (tertiary/aromatic N) is 7. The number of fused-ring (bicyclic) bond motifs is 1. The molecule has 1 saturated carbocycles. The molecule has 0 spiro atoms. The molecule has 0 bridgehead atoms. The number of aromatic nitrogens is 4. The minimum absolute atomic E-state index is 0.205. The number of carbonyl (C=O) groups is 1. The Balaban J connectivity index is 1.05. The Labute approximate surface area is 231 Å². The second-order valence-electron chi connectivity index (χ2n) is 11.4. The number of carbonyl (C=O) groups excluding carboxylic acids is 1. The molecular weight excluding hydrogens is 490 g/mol. The van der Waals surface area contributed by atoms with Gasteiger partial charge in [0.2, 0.25) is 5.91 Å². The molecule has 6 rings (SSSR count). The number of anilines is 1. The summed E-state index contributed by atoms with van der Waals surface area (Å²) >= 11 is 0. The van der Waals surface area contributed by atoms with Crippen molar-refractivity contribution in [2.75, 3.05) is 57.3 Å². The van der Waals surface area contributed by atoms with Gasteiger partial charge in [0.05, 0.1) is 24.7 Å². The summed E-state index contributed by atoms with van der Waals surface area (Å²) in [5.74, 6) is 3.12. The molecule has 0 unspecified atom stereocenters. The first-order valence-corrected chi connectivity index (χ1v) is 14.8. The van der Waals surface area contributed by atoms with Crippen LogP contribution in [0.3, 0.4) is 0 Å². The maximum Gasteiger partial charge on any atom is 0.225 e. The molecular formula is C30H41N7O2. The number of amides is 1. The van der Waals surface area contributed by atoms with Gasteiger partial charge in [0, 0.05) is 38.6 Å². The van der Waals surface area contributed by atoms with E-state index in [1.54, 1.807) is 6.33 Å². The van der Waals surface area contributed by atoms with Gasteiger partial charge in [-0.2, -0.15) is 5.10 Å². The van der Waals surface area contributed by atoms with Gasteiger partial charge in [0.25, 0.3) is 0 Å². The Morgan fingerprint density at radius 2 is 1.79 bits per heavy atom. The SMILES string of the molecule is CCOc1cccc(Cn2ncc3c(N4CCN(C(=O)C5CCC(CN6CCCC6)CC5)CC4)ncnc32)c1. The first kappa shape index (κ1) is 26.0. The zero-order valence-corrected chi connectivity index (χ0v) is 23.2. The van der Waals surface area contributed by atoms with Crippen LogP contribution in [-0.4, -0.2) is 87.9 Å². The molecule has 2 saturated heterocycles. The molecule has 1 aromatic carbocycles. The molecule has 3 fully saturated rings. The predicted octanol–water partition coefficient (Wildman–Crippen LogP) is 3.82. The number of rotatable bonds is 8. The lowest BCUT2D eigenvalue weighted by molar-refractivity contribution is -0.137.